The van der Waals surface area contributed by atoms with Gasteiger partial charge in [-0.15, -0.1) is 0 Å². The standard InChI is InChI=1S/C14H24N6O2S/c1-4-11-17-14(23-18-11)20-9-7-19(8-10-20)13(15-2)16-6-5-12(21)22-3/h4-10H2,1-3H3,(H,15,16). The monoisotopic (exact) mass is 340 g/mol. The molecule has 1 fully saturated rings. The number of aromatic nitrogens is 2. The van der Waals surface area contributed by atoms with Gasteiger partial charge in [-0.3, -0.25) is 9.79 Å². The molecule has 1 aliphatic heterocycles. The van der Waals surface area contributed by atoms with Crippen LogP contribution in [0.5, 0.6) is 0 Å². The molecule has 0 saturated carbocycles. The number of carbonyl (C=O) groups excluding carboxylic acids is 1. The number of piperazine rings is 1. The minimum atomic E-state index is -0.222. The predicted molar refractivity (Wildman–Crippen MR) is 91.1 cm³/mol. The summed E-state index contributed by atoms with van der Waals surface area (Å²) in [5.41, 5.74) is 0. The van der Waals surface area contributed by atoms with Crippen molar-refractivity contribution in [3.05, 3.63) is 5.82 Å². The van der Waals surface area contributed by atoms with Crippen molar-refractivity contribution >= 4 is 28.6 Å². The van der Waals surface area contributed by atoms with Gasteiger partial charge in [-0.25, -0.2) is 4.98 Å². The molecule has 1 aromatic rings. The molecule has 0 unspecified atom stereocenters. The van der Waals surface area contributed by atoms with Crippen molar-refractivity contribution in [1.29, 1.82) is 0 Å². The van der Waals surface area contributed by atoms with E-state index in [1.165, 1.54) is 18.6 Å². The fraction of sp³-hybridized carbons (Fsp3) is 0.714. The number of ether oxygens (including phenoxy) is 1. The summed E-state index contributed by atoms with van der Waals surface area (Å²) >= 11 is 1.46. The first-order valence-electron chi connectivity index (χ1n) is 7.77. The lowest BCUT2D eigenvalue weighted by molar-refractivity contribution is -0.140. The molecular weight excluding hydrogens is 316 g/mol. The average Bonchev–Trinajstić information content (AvgIpc) is 3.08. The maximum absolute atomic E-state index is 11.2. The molecule has 23 heavy (non-hydrogen) atoms. The Hall–Kier alpha value is -1.90. The molecule has 2 rings (SSSR count). The molecule has 1 aromatic heterocycles. The highest BCUT2D eigenvalue weighted by Crippen LogP contribution is 2.19. The zero-order valence-electron chi connectivity index (χ0n) is 13.9. The number of hydrogen-bond donors (Lipinski definition) is 1. The average molecular weight is 340 g/mol. The largest absolute Gasteiger partial charge is 0.469 e. The number of methoxy groups -OCH3 is 1. The molecule has 0 bridgehead atoms. The summed E-state index contributed by atoms with van der Waals surface area (Å²) in [5.74, 6) is 1.51. The van der Waals surface area contributed by atoms with Crippen LogP contribution in [0.3, 0.4) is 0 Å². The van der Waals surface area contributed by atoms with Crippen molar-refractivity contribution in [1.82, 2.24) is 19.6 Å². The summed E-state index contributed by atoms with van der Waals surface area (Å²) in [6, 6.07) is 0. The number of guanidine groups is 1. The van der Waals surface area contributed by atoms with Gasteiger partial charge in [0.2, 0.25) is 5.13 Å². The van der Waals surface area contributed by atoms with Gasteiger partial charge in [-0.2, -0.15) is 4.37 Å². The van der Waals surface area contributed by atoms with E-state index in [4.69, 9.17) is 0 Å². The van der Waals surface area contributed by atoms with Gasteiger partial charge in [0.1, 0.15) is 5.82 Å². The maximum Gasteiger partial charge on any atom is 0.307 e. The number of rotatable bonds is 5. The number of esters is 1. The highest BCUT2D eigenvalue weighted by Gasteiger charge is 2.22. The van der Waals surface area contributed by atoms with Crippen molar-refractivity contribution in [2.24, 2.45) is 4.99 Å². The second-order valence-corrected chi connectivity index (χ2v) is 5.85. The van der Waals surface area contributed by atoms with Crippen LogP contribution in [0.15, 0.2) is 4.99 Å². The summed E-state index contributed by atoms with van der Waals surface area (Å²) in [6.45, 7) is 6.08. The molecule has 9 heteroatoms. The Morgan fingerprint density at radius 2 is 2.13 bits per heavy atom. The normalized spacial score (nSPS) is 15.7. The van der Waals surface area contributed by atoms with E-state index in [9.17, 15) is 4.79 Å². The van der Waals surface area contributed by atoms with Gasteiger partial charge < -0.3 is 19.9 Å². The van der Waals surface area contributed by atoms with E-state index in [2.05, 4.69) is 41.1 Å². The smallest absolute Gasteiger partial charge is 0.307 e. The number of nitrogens with one attached hydrogen (secondary N) is 1. The summed E-state index contributed by atoms with van der Waals surface area (Å²) in [4.78, 5) is 24.4. The van der Waals surface area contributed by atoms with E-state index in [1.807, 2.05) is 0 Å². The zero-order valence-corrected chi connectivity index (χ0v) is 14.7. The molecule has 0 aromatic carbocycles. The lowest BCUT2D eigenvalue weighted by Gasteiger charge is -2.36. The number of carbonyl (C=O) groups is 1. The molecular formula is C14H24N6O2S. The van der Waals surface area contributed by atoms with Crippen LogP contribution in [0, 0.1) is 0 Å². The fourth-order valence-corrected chi connectivity index (χ4v) is 3.14. The quantitative estimate of drug-likeness (QED) is 0.471. The Kier molecular flexibility index (Phi) is 6.57. The van der Waals surface area contributed by atoms with Gasteiger partial charge >= 0.3 is 5.97 Å². The lowest BCUT2D eigenvalue weighted by atomic mass is 10.3. The van der Waals surface area contributed by atoms with Crippen molar-refractivity contribution in [3.63, 3.8) is 0 Å². The summed E-state index contributed by atoms with van der Waals surface area (Å²) < 4.78 is 8.98. The Morgan fingerprint density at radius 3 is 2.70 bits per heavy atom. The Labute approximate surface area is 140 Å². The first-order chi connectivity index (χ1) is 11.2. The fourth-order valence-electron chi connectivity index (χ4n) is 2.34. The van der Waals surface area contributed by atoms with Crippen molar-refractivity contribution in [2.45, 2.75) is 19.8 Å². The second-order valence-electron chi connectivity index (χ2n) is 5.12. The highest BCUT2D eigenvalue weighted by molar-refractivity contribution is 7.09. The minimum Gasteiger partial charge on any atom is -0.469 e. The van der Waals surface area contributed by atoms with Gasteiger partial charge in [0.25, 0.3) is 0 Å². The number of aryl methyl sites for hydroxylation is 1. The SMILES string of the molecule is CCc1nsc(N2CCN(C(=NC)NCCC(=O)OC)CC2)n1. The van der Waals surface area contributed by atoms with Crippen molar-refractivity contribution < 1.29 is 9.53 Å². The highest BCUT2D eigenvalue weighted by atomic mass is 32.1. The van der Waals surface area contributed by atoms with Crippen LogP contribution in [0.2, 0.25) is 0 Å². The van der Waals surface area contributed by atoms with Crippen LogP contribution < -0.4 is 10.2 Å². The third-order valence-corrected chi connectivity index (χ3v) is 4.49. The number of aliphatic imine (C=N–C) groups is 1. The molecule has 0 amide bonds. The molecule has 2 heterocycles. The van der Waals surface area contributed by atoms with Gasteiger partial charge in [0, 0.05) is 57.7 Å². The van der Waals surface area contributed by atoms with Gasteiger partial charge in [-0.1, -0.05) is 6.92 Å². The Morgan fingerprint density at radius 1 is 1.39 bits per heavy atom. The molecule has 1 saturated heterocycles. The lowest BCUT2D eigenvalue weighted by Crippen LogP contribution is -2.52. The summed E-state index contributed by atoms with van der Waals surface area (Å²) in [7, 11) is 3.15. The van der Waals surface area contributed by atoms with E-state index in [0.29, 0.717) is 13.0 Å². The molecule has 0 radical (unpaired) electrons. The Bertz CT molecular complexity index is 539. The van der Waals surface area contributed by atoms with Crippen LogP contribution in [0.4, 0.5) is 5.13 Å². The third-order valence-electron chi connectivity index (χ3n) is 3.68. The van der Waals surface area contributed by atoms with Crippen LogP contribution >= 0.6 is 11.5 Å². The summed E-state index contributed by atoms with van der Waals surface area (Å²) in [6.07, 6.45) is 1.20. The first kappa shape index (κ1) is 17.5. The van der Waals surface area contributed by atoms with Crippen LogP contribution in [0.1, 0.15) is 19.2 Å². The van der Waals surface area contributed by atoms with E-state index < -0.39 is 0 Å². The number of anilines is 1. The number of hydrogen-bond acceptors (Lipinski definition) is 7. The maximum atomic E-state index is 11.2. The predicted octanol–water partition coefficient (Wildman–Crippen LogP) is 0.361. The minimum absolute atomic E-state index is 0.222. The third kappa shape index (κ3) is 4.78. The molecule has 128 valence electrons. The van der Waals surface area contributed by atoms with E-state index >= 15 is 0 Å². The van der Waals surface area contributed by atoms with E-state index in [0.717, 1.165) is 49.5 Å². The van der Waals surface area contributed by atoms with Crippen LogP contribution in [-0.2, 0) is 16.0 Å². The van der Waals surface area contributed by atoms with E-state index in [-0.39, 0.29) is 5.97 Å². The molecule has 1 N–H and O–H groups in total. The first-order valence-corrected chi connectivity index (χ1v) is 8.55. The molecule has 0 spiro atoms. The van der Waals surface area contributed by atoms with Crippen LogP contribution in [0.25, 0.3) is 0 Å². The van der Waals surface area contributed by atoms with Crippen molar-refractivity contribution in [2.75, 3.05) is 51.8 Å². The number of nitrogens with zero attached hydrogens (tertiary/aromatic N) is 5. The molecule has 0 atom stereocenters. The van der Waals surface area contributed by atoms with Crippen molar-refractivity contribution in [3.8, 4) is 0 Å². The molecule has 1 aliphatic rings. The summed E-state index contributed by atoms with van der Waals surface area (Å²) in [5, 5.41) is 4.20. The Balaban J connectivity index is 1.81. The topological polar surface area (TPSA) is 83.0 Å². The van der Waals surface area contributed by atoms with Gasteiger partial charge in [0.15, 0.2) is 5.96 Å². The second kappa shape index (κ2) is 8.66. The van der Waals surface area contributed by atoms with Gasteiger partial charge in [-0.05, 0) is 0 Å². The van der Waals surface area contributed by atoms with E-state index in [1.54, 1.807) is 7.05 Å². The zero-order chi connectivity index (χ0) is 16.7. The molecule has 8 nitrogen and oxygen atoms in total. The molecule has 0 aliphatic carbocycles. The van der Waals surface area contributed by atoms with Gasteiger partial charge in [0.05, 0.1) is 13.5 Å². The van der Waals surface area contributed by atoms with Crippen LogP contribution in [-0.4, -0.2) is 73.1 Å².